The first-order chi connectivity index (χ1) is 20.6. The summed E-state index contributed by atoms with van der Waals surface area (Å²) in [5, 5.41) is 17.5. The average Bonchev–Trinajstić information content (AvgIpc) is 3.72. The first-order valence-corrected chi connectivity index (χ1v) is 15.5. The number of nitrogens with one attached hydrogen (secondary N) is 1. The minimum Gasteiger partial charge on any atom is -0.470 e. The number of ether oxygens (including phenoxy) is 3. The number of nitrogens with zero attached hydrogens (tertiary/aromatic N) is 4. The van der Waals surface area contributed by atoms with Gasteiger partial charge in [-0.25, -0.2) is 4.98 Å². The van der Waals surface area contributed by atoms with Gasteiger partial charge in [-0.05, 0) is 50.4 Å². The van der Waals surface area contributed by atoms with Crippen LogP contribution in [0.3, 0.4) is 0 Å². The van der Waals surface area contributed by atoms with Crippen molar-refractivity contribution in [3.63, 3.8) is 0 Å². The number of aliphatic hydroxyl groups is 1. The molecule has 3 aromatic rings. The molecule has 0 aromatic carbocycles. The van der Waals surface area contributed by atoms with Gasteiger partial charge >= 0.3 is 0 Å². The highest BCUT2D eigenvalue weighted by atomic mass is 32.1. The summed E-state index contributed by atoms with van der Waals surface area (Å²) >= 11 is 1.53. The third-order valence-electron chi connectivity index (χ3n) is 7.31. The van der Waals surface area contributed by atoms with Crippen molar-refractivity contribution in [3.8, 4) is 16.5 Å². The fourth-order valence-corrected chi connectivity index (χ4v) is 5.89. The molecule has 4 heterocycles. The van der Waals surface area contributed by atoms with Gasteiger partial charge in [0, 0.05) is 38.4 Å². The number of hydrogen-bond donors (Lipinski definition) is 2. The fraction of sp³-hybridized carbons (Fsp3) is 0.567. The van der Waals surface area contributed by atoms with Gasteiger partial charge in [-0.1, -0.05) is 19.9 Å². The molecule has 1 saturated heterocycles. The second-order valence-corrected chi connectivity index (χ2v) is 11.7. The Hall–Kier alpha value is -3.39. The number of pyridine rings is 1. The number of aryl methyl sites for hydroxylation is 1. The number of likely N-dealkylation sites (tertiary alicyclic amines) is 1. The van der Waals surface area contributed by atoms with Gasteiger partial charge in [0.25, 0.3) is 5.88 Å². The summed E-state index contributed by atoms with van der Waals surface area (Å²) < 4.78 is 22.2. The third kappa shape index (κ3) is 7.96. The van der Waals surface area contributed by atoms with E-state index in [1.54, 1.807) is 17.8 Å². The molecule has 1 aliphatic heterocycles. The van der Waals surface area contributed by atoms with Crippen LogP contribution in [0.4, 0.5) is 0 Å². The van der Waals surface area contributed by atoms with Gasteiger partial charge in [-0.2, -0.15) is 0 Å². The van der Waals surface area contributed by atoms with Crippen LogP contribution in [0, 0.1) is 12.8 Å². The topological polar surface area (TPSA) is 149 Å². The van der Waals surface area contributed by atoms with Crippen LogP contribution < -0.4 is 10.1 Å². The van der Waals surface area contributed by atoms with Gasteiger partial charge in [0.1, 0.15) is 18.6 Å². The molecule has 0 aliphatic carbocycles. The Morgan fingerprint density at radius 3 is 2.53 bits per heavy atom. The number of carbonyl (C=O) groups is 2. The average molecular weight is 616 g/mol. The third-order valence-corrected chi connectivity index (χ3v) is 8.26. The zero-order valence-corrected chi connectivity index (χ0v) is 26.3. The van der Waals surface area contributed by atoms with E-state index in [0.29, 0.717) is 19.0 Å². The highest BCUT2D eigenvalue weighted by molar-refractivity contribution is 7.13. The Labute approximate surface area is 255 Å². The van der Waals surface area contributed by atoms with E-state index in [4.69, 9.17) is 18.7 Å². The van der Waals surface area contributed by atoms with Crippen molar-refractivity contribution in [3.05, 3.63) is 46.9 Å². The lowest BCUT2D eigenvalue weighted by Gasteiger charge is -2.29. The number of aromatic nitrogens is 3. The first-order valence-electron chi connectivity index (χ1n) is 14.6. The lowest BCUT2D eigenvalue weighted by atomic mass is 9.91. The van der Waals surface area contributed by atoms with E-state index in [1.165, 1.54) is 16.2 Å². The summed E-state index contributed by atoms with van der Waals surface area (Å²) in [5.41, 5.74) is 4.34. The number of thiazole rings is 1. The van der Waals surface area contributed by atoms with E-state index < -0.39 is 24.4 Å². The SMILES string of the molecule is CCOC(COc1cc(C(C(=O)N2C[C@H](O)C[C@H]2C(=O)N[C@@H](C)c2ccc(-c3scnc3C)nc2)C(C)C)on1)OCC. The van der Waals surface area contributed by atoms with Crippen molar-refractivity contribution in [1.29, 1.82) is 0 Å². The van der Waals surface area contributed by atoms with E-state index in [0.717, 1.165) is 21.8 Å². The predicted octanol–water partition coefficient (Wildman–Crippen LogP) is 3.86. The van der Waals surface area contributed by atoms with Crippen LogP contribution in [0.25, 0.3) is 10.6 Å². The van der Waals surface area contributed by atoms with Crippen LogP contribution in [-0.4, -0.2) is 81.7 Å². The largest absolute Gasteiger partial charge is 0.470 e. The van der Waals surface area contributed by atoms with Crippen molar-refractivity contribution in [2.75, 3.05) is 26.4 Å². The van der Waals surface area contributed by atoms with Gasteiger partial charge in [0.15, 0.2) is 12.1 Å². The van der Waals surface area contributed by atoms with Crippen molar-refractivity contribution in [2.24, 2.45) is 5.92 Å². The van der Waals surface area contributed by atoms with Gasteiger partial charge in [0.2, 0.25) is 11.8 Å². The fourth-order valence-electron chi connectivity index (χ4n) is 5.11. The Bertz CT molecular complexity index is 1340. The lowest BCUT2D eigenvalue weighted by Crippen LogP contribution is -2.48. The Balaban J connectivity index is 1.43. The normalized spacial score (nSPS) is 18.3. The van der Waals surface area contributed by atoms with Crippen molar-refractivity contribution < 1.29 is 33.4 Å². The maximum absolute atomic E-state index is 13.9. The molecule has 1 unspecified atom stereocenters. The Morgan fingerprint density at radius 2 is 1.93 bits per heavy atom. The van der Waals surface area contributed by atoms with Gasteiger partial charge < -0.3 is 34.1 Å². The summed E-state index contributed by atoms with van der Waals surface area (Å²) in [6.07, 6.45) is 0.489. The number of hydrogen-bond acceptors (Lipinski definition) is 11. The summed E-state index contributed by atoms with van der Waals surface area (Å²) in [4.78, 5) is 38.6. The smallest absolute Gasteiger partial charge is 0.254 e. The number of aliphatic hydroxyl groups excluding tert-OH is 1. The molecule has 4 atom stereocenters. The van der Waals surface area contributed by atoms with Crippen molar-refractivity contribution in [2.45, 2.75) is 78.4 Å². The maximum Gasteiger partial charge on any atom is 0.254 e. The molecule has 2 N–H and O–H groups in total. The first kappa shape index (κ1) is 32.5. The second kappa shape index (κ2) is 14.9. The van der Waals surface area contributed by atoms with Gasteiger partial charge in [-0.15, -0.1) is 11.3 Å². The Morgan fingerprint density at radius 1 is 1.19 bits per heavy atom. The molecule has 234 valence electrons. The molecule has 13 heteroatoms. The number of carbonyl (C=O) groups excluding carboxylic acids is 2. The number of β-amino-alcohol motifs (C(OH)–C–C–N with tert-alkyl or cyclic N) is 1. The highest BCUT2D eigenvalue weighted by Gasteiger charge is 2.43. The zero-order valence-electron chi connectivity index (χ0n) is 25.5. The minimum atomic E-state index is -0.838. The standard InChI is InChI=1S/C30H41N5O7S/c1-7-39-26(40-8-2)15-41-25-12-24(42-34-25)27(17(3)4)30(38)35-14-21(36)11-23(35)29(37)33-18(5)20-9-10-22(31-13-20)28-19(6)32-16-43-28/h9-10,12-13,16-18,21,23,26-27,36H,7-8,11,14-15H2,1-6H3,(H,33,37)/t18-,21+,23-,27?/m0/s1. The molecule has 0 radical (unpaired) electrons. The molecule has 43 heavy (non-hydrogen) atoms. The second-order valence-electron chi connectivity index (χ2n) is 10.8. The molecule has 0 spiro atoms. The molecule has 1 fully saturated rings. The molecule has 3 aromatic heterocycles. The minimum absolute atomic E-state index is 0.0425. The molecular formula is C30H41N5O7S. The van der Waals surface area contributed by atoms with Crippen LogP contribution in [0.5, 0.6) is 5.88 Å². The number of amides is 2. The van der Waals surface area contributed by atoms with Crippen LogP contribution in [0.1, 0.15) is 70.0 Å². The van der Waals surface area contributed by atoms with Crippen molar-refractivity contribution in [1.82, 2.24) is 25.3 Å². The summed E-state index contributed by atoms with van der Waals surface area (Å²) in [7, 11) is 0. The van der Waals surface area contributed by atoms with Crippen LogP contribution >= 0.6 is 11.3 Å². The molecule has 4 rings (SSSR count). The maximum atomic E-state index is 13.9. The van der Waals surface area contributed by atoms with E-state index >= 15 is 0 Å². The molecule has 2 amide bonds. The summed E-state index contributed by atoms with van der Waals surface area (Å²) in [5.74, 6) is -1.07. The summed E-state index contributed by atoms with van der Waals surface area (Å²) in [6, 6.07) is 4.20. The Kier molecular flexibility index (Phi) is 11.2. The highest BCUT2D eigenvalue weighted by Crippen LogP contribution is 2.33. The predicted molar refractivity (Wildman–Crippen MR) is 159 cm³/mol. The molecule has 0 bridgehead atoms. The van der Waals surface area contributed by atoms with E-state index in [-0.39, 0.29) is 49.2 Å². The van der Waals surface area contributed by atoms with E-state index in [9.17, 15) is 14.7 Å². The zero-order chi connectivity index (χ0) is 31.1. The van der Waals surface area contributed by atoms with Gasteiger partial charge in [0.05, 0.1) is 33.9 Å². The summed E-state index contributed by atoms with van der Waals surface area (Å²) in [6.45, 7) is 12.4. The molecule has 1 aliphatic rings. The molecular weight excluding hydrogens is 574 g/mol. The lowest BCUT2D eigenvalue weighted by molar-refractivity contribution is -0.153. The van der Waals surface area contributed by atoms with Crippen molar-refractivity contribution >= 4 is 23.2 Å². The van der Waals surface area contributed by atoms with Crippen LogP contribution in [0.2, 0.25) is 0 Å². The quantitative estimate of drug-likeness (QED) is 0.256. The molecule has 12 nitrogen and oxygen atoms in total. The monoisotopic (exact) mass is 615 g/mol. The van der Waals surface area contributed by atoms with Crippen LogP contribution in [-0.2, 0) is 19.1 Å². The van der Waals surface area contributed by atoms with E-state index in [1.807, 2.05) is 53.7 Å². The number of rotatable bonds is 14. The van der Waals surface area contributed by atoms with Gasteiger partial charge in [-0.3, -0.25) is 14.6 Å². The molecule has 0 saturated carbocycles. The van der Waals surface area contributed by atoms with E-state index in [2.05, 4.69) is 20.4 Å². The van der Waals surface area contributed by atoms with Crippen LogP contribution in [0.15, 0.2) is 34.4 Å².